The van der Waals surface area contributed by atoms with E-state index in [0.29, 0.717) is 16.5 Å². The van der Waals surface area contributed by atoms with Crippen LogP contribution in [0, 0.1) is 0 Å². The molecular formula is C16H22Cl2N2O2. The molecule has 1 aromatic carbocycles. The van der Waals surface area contributed by atoms with E-state index in [9.17, 15) is 9.59 Å². The van der Waals surface area contributed by atoms with Crippen LogP contribution in [0.4, 0.5) is 0 Å². The lowest BCUT2D eigenvalue weighted by Crippen LogP contribution is -2.49. The Balaban J connectivity index is 2.98. The normalized spacial score (nSPS) is 12.1. The fraction of sp³-hybridized carbons (Fsp3) is 0.500. The maximum absolute atomic E-state index is 12.2. The third kappa shape index (κ3) is 5.18. The van der Waals surface area contributed by atoms with E-state index in [-0.39, 0.29) is 24.4 Å². The van der Waals surface area contributed by atoms with Crippen LogP contribution in [0.2, 0.25) is 10.0 Å². The first kappa shape index (κ1) is 18.8. The minimum absolute atomic E-state index is 0.0210. The minimum atomic E-state index is -0.568. The van der Waals surface area contributed by atoms with E-state index in [2.05, 4.69) is 5.32 Å². The van der Waals surface area contributed by atoms with E-state index in [4.69, 9.17) is 23.2 Å². The molecule has 0 aromatic heterocycles. The summed E-state index contributed by atoms with van der Waals surface area (Å²) in [7, 11) is 0. The number of carbonyl (C=O) groups excluding carboxylic acids is 2. The van der Waals surface area contributed by atoms with Gasteiger partial charge in [0.15, 0.2) is 0 Å². The molecule has 0 saturated carbocycles. The molecule has 1 aromatic rings. The Hall–Kier alpha value is -1.26. The predicted molar refractivity (Wildman–Crippen MR) is 90.0 cm³/mol. The summed E-state index contributed by atoms with van der Waals surface area (Å²) in [5, 5.41) is 3.84. The number of hydrogen-bond acceptors (Lipinski definition) is 2. The van der Waals surface area contributed by atoms with Crippen LogP contribution in [0.15, 0.2) is 18.2 Å². The van der Waals surface area contributed by atoms with E-state index in [1.54, 1.807) is 32.0 Å². The SMILES string of the molecule is CCC(=O)N(Cc1ccc(Cl)cc1Cl)[C@@H](C)C(=O)NC(C)C. The van der Waals surface area contributed by atoms with Crippen molar-refractivity contribution >= 4 is 35.0 Å². The average Bonchev–Trinajstić information content (AvgIpc) is 2.44. The number of amides is 2. The number of rotatable bonds is 6. The molecule has 0 unspecified atom stereocenters. The summed E-state index contributed by atoms with van der Waals surface area (Å²) in [4.78, 5) is 25.9. The van der Waals surface area contributed by atoms with Gasteiger partial charge in [-0.1, -0.05) is 36.2 Å². The highest BCUT2D eigenvalue weighted by Crippen LogP contribution is 2.23. The topological polar surface area (TPSA) is 49.4 Å². The predicted octanol–water partition coefficient (Wildman–Crippen LogP) is 3.65. The maximum atomic E-state index is 12.2. The highest BCUT2D eigenvalue weighted by atomic mass is 35.5. The summed E-state index contributed by atoms with van der Waals surface area (Å²) in [6.45, 7) is 7.52. The molecule has 0 fully saturated rings. The van der Waals surface area contributed by atoms with Crippen molar-refractivity contribution in [2.45, 2.75) is 52.7 Å². The van der Waals surface area contributed by atoms with Gasteiger partial charge in [-0.15, -0.1) is 0 Å². The molecule has 1 N–H and O–H groups in total. The van der Waals surface area contributed by atoms with Gasteiger partial charge in [0.25, 0.3) is 0 Å². The van der Waals surface area contributed by atoms with Gasteiger partial charge in [0, 0.05) is 29.1 Å². The van der Waals surface area contributed by atoms with Crippen LogP contribution in [-0.2, 0) is 16.1 Å². The van der Waals surface area contributed by atoms with Gasteiger partial charge in [-0.2, -0.15) is 0 Å². The lowest BCUT2D eigenvalue weighted by Gasteiger charge is -2.29. The van der Waals surface area contributed by atoms with E-state index in [0.717, 1.165) is 5.56 Å². The molecule has 0 bridgehead atoms. The van der Waals surface area contributed by atoms with Crippen molar-refractivity contribution in [2.24, 2.45) is 0 Å². The number of halogens is 2. The van der Waals surface area contributed by atoms with Gasteiger partial charge in [0.05, 0.1) is 0 Å². The van der Waals surface area contributed by atoms with Gasteiger partial charge in [-0.05, 0) is 38.5 Å². The fourth-order valence-electron chi connectivity index (χ4n) is 2.02. The van der Waals surface area contributed by atoms with Gasteiger partial charge in [-0.25, -0.2) is 0 Å². The highest BCUT2D eigenvalue weighted by Gasteiger charge is 2.25. The number of carbonyl (C=O) groups is 2. The van der Waals surface area contributed by atoms with Crippen LogP contribution in [-0.4, -0.2) is 28.8 Å². The second-order valence-electron chi connectivity index (χ2n) is 5.45. The first-order chi connectivity index (χ1) is 10.3. The molecular weight excluding hydrogens is 323 g/mol. The van der Waals surface area contributed by atoms with Gasteiger partial charge < -0.3 is 10.2 Å². The summed E-state index contributed by atoms with van der Waals surface area (Å²) in [5.74, 6) is -0.278. The summed E-state index contributed by atoms with van der Waals surface area (Å²) >= 11 is 12.1. The zero-order valence-corrected chi connectivity index (χ0v) is 14.8. The smallest absolute Gasteiger partial charge is 0.242 e. The second-order valence-corrected chi connectivity index (χ2v) is 6.29. The molecule has 1 rings (SSSR count). The van der Waals surface area contributed by atoms with Crippen LogP contribution in [0.3, 0.4) is 0 Å². The van der Waals surface area contributed by atoms with Gasteiger partial charge >= 0.3 is 0 Å². The molecule has 1 atom stereocenters. The standard InChI is InChI=1S/C16H22Cl2N2O2/c1-5-15(21)20(11(4)16(22)19-10(2)3)9-12-6-7-13(17)8-14(12)18/h6-8,10-11H,5,9H2,1-4H3,(H,19,22)/t11-/m0/s1. The molecule has 0 saturated heterocycles. The Morgan fingerprint density at radius 2 is 1.86 bits per heavy atom. The Kier molecular flexibility index (Phi) is 7.17. The second kappa shape index (κ2) is 8.39. The molecule has 0 aliphatic heterocycles. The fourth-order valence-corrected chi connectivity index (χ4v) is 2.49. The van der Waals surface area contributed by atoms with Crippen LogP contribution in [0.25, 0.3) is 0 Å². The summed E-state index contributed by atoms with van der Waals surface area (Å²) in [6, 6.07) is 4.57. The minimum Gasteiger partial charge on any atom is -0.352 e. The third-order valence-corrected chi connectivity index (χ3v) is 3.84. The third-order valence-electron chi connectivity index (χ3n) is 3.26. The van der Waals surface area contributed by atoms with E-state index in [1.807, 2.05) is 13.8 Å². The molecule has 2 amide bonds. The molecule has 4 nitrogen and oxygen atoms in total. The van der Waals surface area contributed by atoms with Crippen LogP contribution in [0.5, 0.6) is 0 Å². The van der Waals surface area contributed by atoms with Gasteiger partial charge in [0.2, 0.25) is 11.8 Å². The van der Waals surface area contributed by atoms with Crippen molar-refractivity contribution in [3.05, 3.63) is 33.8 Å². The van der Waals surface area contributed by atoms with Crippen molar-refractivity contribution in [1.29, 1.82) is 0 Å². The Labute approximate surface area is 141 Å². The monoisotopic (exact) mass is 344 g/mol. The van der Waals surface area contributed by atoms with Crippen molar-refractivity contribution in [1.82, 2.24) is 10.2 Å². The van der Waals surface area contributed by atoms with Crippen LogP contribution < -0.4 is 5.32 Å². The molecule has 0 aliphatic rings. The maximum Gasteiger partial charge on any atom is 0.242 e. The largest absolute Gasteiger partial charge is 0.352 e. The highest BCUT2D eigenvalue weighted by molar-refractivity contribution is 6.35. The van der Waals surface area contributed by atoms with Crippen molar-refractivity contribution in [3.8, 4) is 0 Å². The van der Waals surface area contributed by atoms with Crippen molar-refractivity contribution in [3.63, 3.8) is 0 Å². The number of nitrogens with one attached hydrogen (secondary N) is 1. The Morgan fingerprint density at radius 1 is 1.23 bits per heavy atom. The van der Waals surface area contributed by atoms with E-state index < -0.39 is 6.04 Å². The van der Waals surface area contributed by atoms with E-state index in [1.165, 1.54) is 4.90 Å². The zero-order chi connectivity index (χ0) is 16.9. The van der Waals surface area contributed by atoms with Crippen molar-refractivity contribution < 1.29 is 9.59 Å². The summed E-state index contributed by atoms with van der Waals surface area (Å²) < 4.78 is 0. The molecule has 122 valence electrons. The number of hydrogen-bond donors (Lipinski definition) is 1. The lowest BCUT2D eigenvalue weighted by atomic mass is 10.1. The van der Waals surface area contributed by atoms with Crippen molar-refractivity contribution in [2.75, 3.05) is 0 Å². The molecule has 0 aliphatic carbocycles. The summed E-state index contributed by atoms with van der Waals surface area (Å²) in [6.07, 6.45) is 0.324. The van der Waals surface area contributed by atoms with E-state index >= 15 is 0 Å². The average molecular weight is 345 g/mol. The van der Waals surface area contributed by atoms with Crippen LogP contribution in [0.1, 0.15) is 39.7 Å². The van der Waals surface area contributed by atoms with Gasteiger partial charge in [0.1, 0.15) is 6.04 Å². The zero-order valence-electron chi connectivity index (χ0n) is 13.3. The molecule has 0 heterocycles. The summed E-state index contributed by atoms with van der Waals surface area (Å²) in [5.41, 5.74) is 0.761. The first-order valence-corrected chi connectivity index (χ1v) is 8.05. The quantitative estimate of drug-likeness (QED) is 0.856. The molecule has 22 heavy (non-hydrogen) atoms. The van der Waals surface area contributed by atoms with Crippen LogP contribution >= 0.6 is 23.2 Å². The Morgan fingerprint density at radius 3 is 2.36 bits per heavy atom. The number of nitrogens with zero attached hydrogens (tertiary/aromatic N) is 1. The molecule has 0 spiro atoms. The first-order valence-electron chi connectivity index (χ1n) is 7.30. The molecule has 6 heteroatoms. The lowest BCUT2D eigenvalue weighted by molar-refractivity contribution is -0.140. The molecule has 0 radical (unpaired) electrons. The number of benzene rings is 1. The van der Waals surface area contributed by atoms with Gasteiger partial charge in [-0.3, -0.25) is 9.59 Å². The Bertz CT molecular complexity index is 547.